The largest absolute Gasteiger partial charge is 0.616 e. The highest BCUT2D eigenvalue weighted by molar-refractivity contribution is 9.10. The summed E-state index contributed by atoms with van der Waals surface area (Å²) < 4.78 is 17.6. The van der Waals surface area contributed by atoms with Gasteiger partial charge in [0.25, 0.3) is 0 Å². The Labute approximate surface area is 134 Å². The van der Waals surface area contributed by atoms with Crippen molar-refractivity contribution in [1.29, 1.82) is 0 Å². The number of carbonyl (C=O) groups is 1. The molecule has 0 aliphatic heterocycles. The molecule has 1 aromatic carbocycles. The monoisotopic (exact) mass is 367 g/mol. The van der Waals surface area contributed by atoms with Gasteiger partial charge in [0.1, 0.15) is 5.75 Å². The molecule has 0 saturated heterocycles. The van der Waals surface area contributed by atoms with Crippen LogP contribution in [-0.4, -0.2) is 21.7 Å². The number of carbonyl (C=O) groups excluding carboxylic acids is 1. The first-order chi connectivity index (χ1) is 10.1. The van der Waals surface area contributed by atoms with E-state index in [-0.39, 0.29) is 5.78 Å². The molecule has 6 heteroatoms. The maximum absolute atomic E-state index is 12.8. The molecular weight excluding hydrogens is 354 g/mol. The lowest BCUT2D eigenvalue weighted by Gasteiger charge is -2.11. The van der Waals surface area contributed by atoms with Crippen molar-refractivity contribution in [3.8, 4) is 0 Å². The van der Waals surface area contributed by atoms with Crippen molar-refractivity contribution in [2.45, 2.75) is 24.5 Å². The summed E-state index contributed by atoms with van der Waals surface area (Å²) in [5, 5.41) is 3.78. The van der Waals surface area contributed by atoms with Crippen LogP contribution in [-0.2, 0) is 16.9 Å². The highest BCUT2D eigenvalue weighted by atomic mass is 79.9. The van der Waals surface area contributed by atoms with Crippen molar-refractivity contribution in [1.82, 2.24) is 5.16 Å². The van der Waals surface area contributed by atoms with Crippen molar-refractivity contribution < 1.29 is 13.9 Å². The van der Waals surface area contributed by atoms with Gasteiger partial charge in [-0.2, -0.15) is 0 Å². The molecule has 1 aliphatic carbocycles. The summed E-state index contributed by atoms with van der Waals surface area (Å²) in [6.45, 7) is 0. The van der Waals surface area contributed by atoms with Crippen LogP contribution in [0.15, 0.2) is 33.4 Å². The van der Waals surface area contributed by atoms with Gasteiger partial charge in [-0.3, -0.25) is 4.79 Å². The van der Waals surface area contributed by atoms with Crippen molar-refractivity contribution in [3.63, 3.8) is 0 Å². The number of ketones is 1. The third kappa shape index (κ3) is 3.07. The van der Waals surface area contributed by atoms with Crippen LogP contribution in [0, 0.1) is 0 Å². The summed E-state index contributed by atoms with van der Waals surface area (Å²) in [4.78, 5) is 12.8. The molecule has 0 radical (unpaired) electrons. The molecular formula is C15H14BrNO3S. The van der Waals surface area contributed by atoms with Gasteiger partial charge < -0.3 is 9.08 Å². The van der Waals surface area contributed by atoms with E-state index in [1.165, 1.54) is 6.20 Å². The van der Waals surface area contributed by atoms with Crippen molar-refractivity contribution in [3.05, 3.63) is 51.3 Å². The van der Waals surface area contributed by atoms with Gasteiger partial charge in [-0.15, -0.1) is 0 Å². The predicted molar refractivity (Wildman–Crippen MR) is 83.8 cm³/mol. The molecule has 1 atom stereocenters. The third-order valence-electron chi connectivity index (χ3n) is 3.50. The lowest BCUT2D eigenvalue weighted by molar-refractivity contribution is 0.103. The van der Waals surface area contributed by atoms with Gasteiger partial charge in [0.2, 0.25) is 0 Å². The second-order valence-electron chi connectivity index (χ2n) is 5.19. The molecule has 1 unspecified atom stereocenters. The van der Waals surface area contributed by atoms with E-state index in [2.05, 4.69) is 21.1 Å². The first kappa shape index (κ1) is 14.8. The summed E-state index contributed by atoms with van der Waals surface area (Å²) in [6, 6.07) is 5.43. The van der Waals surface area contributed by atoms with Crippen LogP contribution in [0.3, 0.4) is 0 Å². The molecule has 1 aromatic heterocycles. The Balaban J connectivity index is 2.01. The van der Waals surface area contributed by atoms with Crippen molar-refractivity contribution >= 4 is 32.9 Å². The molecule has 0 bridgehead atoms. The number of nitrogens with zero attached hydrogens (tertiary/aromatic N) is 1. The van der Waals surface area contributed by atoms with Crippen LogP contribution in [0.2, 0.25) is 0 Å². The minimum Gasteiger partial charge on any atom is -0.616 e. The Morgan fingerprint density at radius 3 is 2.90 bits per heavy atom. The predicted octanol–water partition coefficient (Wildman–Crippen LogP) is 3.42. The quantitative estimate of drug-likeness (QED) is 0.599. The number of halogens is 1. The van der Waals surface area contributed by atoms with Crippen LogP contribution in [0.5, 0.6) is 0 Å². The van der Waals surface area contributed by atoms with Gasteiger partial charge in [0.05, 0.1) is 18.0 Å². The van der Waals surface area contributed by atoms with E-state index in [4.69, 9.17) is 4.52 Å². The summed E-state index contributed by atoms with van der Waals surface area (Å²) in [5.41, 5.74) is 1.86. The maximum atomic E-state index is 12.8. The molecule has 0 amide bonds. The first-order valence-electron chi connectivity index (χ1n) is 6.64. The van der Waals surface area contributed by atoms with Gasteiger partial charge in [-0.05, 0) is 18.9 Å². The van der Waals surface area contributed by atoms with Crippen molar-refractivity contribution in [2.24, 2.45) is 0 Å². The van der Waals surface area contributed by atoms with E-state index in [0.717, 1.165) is 22.9 Å². The van der Waals surface area contributed by atoms with Gasteiger partial charge in [-0.25, -0.2) is 0 Å². The SMILES string of the molecule is C[S+]([O-])Cc1c(Br)cccc1C(=O)c1cnoc1C1CC1. The van der Waals surface area contributed by atoms with Crippen LogP contribution in [0.1, 0.15) is 46.0 Å². The van der Waals surface area contributed by atoms with Crippen LogP contribution in [0.25, 0.3) is 0 Å². The van der Waals surface area contributed by atoms with E-state index in [9.17, 15) is 9.35 Å². The lowest BCUT2D eigenvalue weighted by Crippen LogP contribution is -2.11. The first-order valence-corrected chi connectivity index (χ1v) is 9.16. The van der Waals surface area contributed by atoms with Gasteiger partial charge in [-0.1, -0.05) is 44.4 Å². The Morgan fingerprint density at radius 1 is 1.48 bits per heavy atom. The van der Waals surface area contributed by atoms with E-state index in [1.807, 2.05) is 12.1 Å². The average Bonchev–Trinajstić information content (AvgIpc) is 3.17. The fraction of sp³-hybridized carbons (Fsp3) is 0.333. The average molecular weight is 368 g/mol. The van der Waals surface area contributed by atoms with E-state index >= 15 is 0 Å². The zero-order chi connectivity index (χ0) is 15.0. The standard InChI is InChI=1S/C15H14BrNO3S/c1-21(19)8-12-10(3-2-4-13(12)16)14(18)11-7-17-20-15(11)9-5-6-9/h2-4,7,9H,5-6,8H2,1H3. The van der Waals surface area contributed by atoms with Gasteiger partial charge in [0, 0.05) is 21.5 Å². The molecule has 1 fully saturated rings. The lowest BCUT2D eigenvalue weighted by atomic mass is 9.98. The topological polar surface area (TPSA) is 66.2 Å². The second kappa shape index (κ2) is 5.94. The van der Waals surface area contributed by atoms with Crippen LogP contribution in [0.4, 0.5) is 0 Å². The zero-order valence-corrected chi connectivity index (χ0v) is 13.9. The van der Waals surface area contributed by atoms with E-state index in [1.54, 1.807) is 12.3 Å². The fourth-order valence-corrected chi connectivity index (χ4v) is 3.74. The van der Waals surface area contributed by atoms with Crippen LogP contribution < -0.4 is 0 Å². The molecule has 1 heterocycles. The van der Waals surface area contributed by atoms with Gasteiger partial charge in [0.15, 0.2) is 11.5 Å². The molecule has 0 N–H and O–H groups in total. The molecule has 21 heavy (non-hydrogen) atoms. The molecule has 2 aromatic rings. The molecule has 3 rings (SSSR count). The smallest absolute Gasteiger partial charge is 0.198 e. The highest BCUT2D eigenvalue weighted by Crippen LogP contribution is 2.42. The van der Waals surface area contributed by atoms with Crippen molar-refractivity contribution in [2.75, 3.05) is 6.26 Å². The summed E-state index contributed by atoms with van der Waals surface area (Å²) in [6.07, 6.45) is 5.20. The minimum absolute atomic E-state index is 0.111. The highest BCUT2D eigenvalue weighted by Gasteiger charge is 2.33. The number of rotatable bonds is 5. The Bertz CT molecular complexity index is 679. The summed E-state index contributed by atoms with van der Waals surface area (Å²) in [5.74, 6) is 1.23. The normalized spacial score (nSPS) is 16.0. The van der Waals surface area contributed by atoms with Gasteiger partial charge >= 0.3 is 0 Å². The Hall–Kier alpha value is -1.11. The second-order valence-corrected chi connectivity index (χ2v) is 7.48. The number of aromatic nitrogens is 1. The summed E-state index contributed by atoms with van der Waals surface area (Å²) >= 11 is 2.42. The number of benzene rings is 1. The molecule has 110 valence electrons. The fourth-order valence-electron chi connectivity index (χ4n) is 2.33. The van der Waals surface area contributed by atoms with E-state index in [0.29, 0.717) is 28.6 Å². The van der Waals surface area contributed by atoms with E-state index < -0.39 is 11.2 Å². The Kier molecular flexibility index (Phi) is 4.19. The molecule has 4 nitrogen and oxygen atoms in total. The molecule has 1 saturated carbocycles. The Morgan fingerprint density at radius 2 is 2.24 bits per heavy atom. The molecule has 1 aliphatic rings. The zero-order valence-electron chi connectivity index (χ0n) is 11.5. The number of hydrogen-bond acceptors (Lipinski definition) is 4. The van der Waals surface area contributed by atoms with Crippen LogP contribution >= 0.6 is 15.9 Å². The maximum Gasteiger partial charge on any atom is 0.198 e. The third-order valence-corrected chi connectivity index (χ3v) is 4.94. The minimum atomic E-state index is -1.02. The number of hydrogen-bond donors (Lipinski definition) is 0. The molecule has 0 spiro atoms. The summed E-state index contributed by atoms with van der Waals surface area (Å²) in [7, 11) is 0.